The highest BCUT2D eigenvalue weighted by Crippen LogP contribution is 2.30. The van der Waals surface area contributed by atoms with Crippen LogP contribution in [0.15, 0.2) is 18.3 Å². The van der Waals surface area contributed by atoms with Crippen molar-refractivity contribution in [2.45, 2.75) is 57.9 Å². The van der Waals surface area contributed by atoms with Gasteiger partial charge in [0.25, 0.3) is 0 Å². The summed E-state index contributed by atoms with van der Waals surface area (Å²) in [6.07, 6.45) is 8.34. The summed E-state index contributed by atoms with van der Waals surface area (Å²) in [6, 6.07) is 4.00. The van der Waals surface area contributed by atoms with Gasteiger partial charge in [-0.2, -0.15) is 10.1 Å². The summed E-state index contributed by atoms with van der Waals surface area (Å²) in [5, 5.41) is 21.8. The Balaban J connectivity index is 0.000000454. The number of pyridine rings is 1. The molecule has 4 rings (SSSR count). The highest BCUT2D eigenvalue weighted by Gasteiger charge is 2.23. The molecule has 1 saturated heterocycles. The zero-order chi connectivity index (χ0) is 25.9. The molecule has 11 heteroatoms. The number of nitrogens with two attached hydrogens (primary N) is 2. The molecule has 1 aliphatic heterocycles. The van der Waals surface area contributed by atoms with E-state index >= 15 is 0 Å². The number of ether oxygens (including phenoxy) is 1. The van der Waals surface area contributed by atoms with Gasteiger partial charge in [0, 0.05) is 24.8 Å². The number of β-amino-alcohol motifs (C(OH)–C–C–N with tert-alkyl or cyclic N) is 1. The molecule has 3 aromatic heterocycles. The second kappa shape index (κ2) is 13.9. The Morgan fingerprint density at radius 2 is 1.81 bits per heavy atom. The molecule has 3 aromatic rings. The number of aliphatic hydroxyl groups excluding tert-OH is 2. The number of aliphatic hydroxyl groups is 2. The van der Waals surface area contributed by atoms with Crippen molar-refractivity contribution >= 4 is 22.8 Å². The fourth-order valence-electron chi connectivity index (χ4n) is 4.47. The minimum absolute atomic E-state index is 0.125. The van der Waals surface area contributed by atoms with E-state index in [1.165, 1.54) is 19.3 Å². The number of nitrogens with zero attached hydrogens (tertiary/aromatic N) is 6. The van der Waals surface area contributed by atoms with Crippen LogP contribution in [0.1, 0.15) is 62.8 Å². The molecule has 11 nitrogen and oxygen atoms in total. The van der Waals surface area contributed by atoms with Crippen molar-refractivity contribution in [2.75, 3.05) is 51.4 Å². The molecule has 0 radical (unpaired) electrons. The van der Waals surface area contributed by atoms with Gasteiger partial charge in [0.05, 0.1) is 26.5 Å². The fourth-order valence-corrected chi connectivity index (χ4v) is 4.47. The van der Waals surface area contributed by atoms with Gasteiger partial charge in [-0.25, -0.2) is 4.98 Å². The van der Waals surface area contributed by atoms with Crippen molar-refractivity contribution in [3.63, 3.8) is 0 Å². The van der Waals surface area contributed by atoms with E-state index in [1.54, 1.807) is 18.0 Å². The monoisotopic (exact) mass is 500 g/mol. The smallest absolute Gasteiger partial charge is 0.222 e. The van der Waals surface area contributed by atoms with Crippen LogP contribution in [0.2, 0.25) is 0 Å². The van der Waals surface area contributed by atoms with E-state index in [-0.39, 0.29) is 18.4 Å². The minimum Gasteiger partial charge on any atom is -0.495 e. The second-order valence-corrected chi connectivity index (χ2v) is 9.01. The second-order valence-electron chi connectivity index (χ2n) is 9.01. The van der Waals surface area contributed by atoms with Gasteiger partial charge >= 0.3 is 0 Å². The predicted octanol–water partition coefficient (Wildman–Crippen LogP) is 2.17. The van der Waals surface area contributed by atoms with Crippen LogP contribution in [-0.4, -0.2) is 79.8 Å². The Morgan fingerprint density at radius 1 is 1.03 bits per heavy atom. The van der Waals surface area contributed by atoms with Gasteiger partial charge in [-0.05, 0) is 44.5 Å². The lowest BCUT2D eigenvalue weighted by Gasteiger charge is -2.31. The van der Waals surface area contributed by atoms with Gasteiger partial charge in [0.2, 0.25) is 5.95 Å². The molecule has 0 unspecified atom stereocenters. The summed E-state index contributed by atoms with van der Waals surface area (Å²) in [7, 11) is 1.63. The molecule has 0 aliphatic carbocycles. The first-order valence-electron chi connectivity index (χ1n) is 12.7. The van der Waals surface area contributed by atoms with Crippen molar-refractivity contribution in [3.05, 3.63) is 29.7 Å². The highest BCUT2D eigenvalue weighted by molar-refractivity contribution is 5.85. The Bertz CT molecular complexity index is 1080. The number of hydrogen-bond acceptors (Lipinski definition) is 10. The van der Waals surface area contributed by atoms with Gasteiger partial charge in [0.15, 0.2) is 5.82 Å². The Kier molecular flexibility index (Phi) is 10.6. The summed E-state index contributed by atoms with van der Waals surface area (Å²) in [6.45, 7) is 5.78. The van der Waals surface area contributed by atoms with E-state index in [0.29, 0.717) is 35.9 Å². The standard InChI is InChI=1S/C19H26N8O2.C6H14O/c1-29-16-3-2-13(12-4-6-26(7-5-12)8-9-28)23-15(16)11-27-17-14(10-22-27)24-19(21)25-18(17)20;1-2-3-4-5-6-7/h2-3,10,12,28H,4-9,11H2,1H3,(H4,20,21,24,25);7H,2-6H2,1H3. The first-order valence-corrected chi connectivity index (χ1v) is 12.7. The van der Waals surface area contributed by atoms with Gasteiger partial charge < -0.3 is 31.3 Å². The molecule has 0 amide bonds. The van der Waals surface area contributed by atoms with Gasteiger partial charge in [-0.1, -0.05) is 26.2 Å². The maximum Gasteiger partial charge on any atom is 0.222 e. The normalized spacial score (nSPS) is 14.6. The lowest BCUT2D eigenvalue weighted by atomic mass is 9.93. The largest absolute Gasteiger partial charge is 0.495 e. The fraction of sp³-hybridized carbons (Fsp3) is 0.600. The van der Waals surface area contributed by atoms with Gasteiger partial charge in [0.1, 0.15) is 22.5 Å². The first-order chi connectivity index (χ1) is 17.5. The van der Waals surface area contributed by atoms with Crippen LogP contribution >= 0.6 is 0 Å². The zero-order valence-corrected chi connectivity index (χ0v) is 21.4. The number of aromatic nitrogens is 5. The van der Waals surface area contributed by atoms with Gasteiger partial charge in [-0.15, -0.1) is 0 Å². The number of rotatable bonds is 10. The molecular formula is C25H40N8O3. The molecule has 4 heterocycles. The SMILES string of the molecule is CCCCCCO.COc1ccc(C2CCN(CCO)CC2)nc1Cn1ncc2nc(N)nc(N)c21. The number of piperidine rings is 1. The molecule has 36 heavy (non-hydrogen) atoms. The topological polar surface area (TPSA) is 161 Å². The third-order valence-corrected chi connectivity index (χ3v) is 6.44. The first kappa shape index (κ1) is 27.6. The summed E-state index contributed by atoms with van der Waals surface area (Å²) in [5.41, 5.74) is 14.8. The summed E-state index contributed by atoms with van der Waals surface area (Å²) in [4.78, 5) is 15.4. The molecule has 0 saturated carbocycles. The zero-order valence-electron chi connectivity index (χ0n) is 21.4. The van der Waals surface area contributed by atoms with Crippen LogP contribution in [0.4, 0.5) is 11.8 Å². The molecule has 6 N–H and O–H groups in total. The molecule has 0 spiro atoms. The van der Waals surface area contributed by atoms with Crippen molar-refractivity contribution in [1.82, 2.24) is 29.6 Å². The van der Waals surface area contributed by atoms with Crippen LogP contribution in [0.3, 0.4) is 0 Å². The summed E-state index contributed by atoms with van der Waals surface area (Å²) in [5.74, 6) is 1.50. The van der Waals surface area contributed by atoms with Crippen LogP contribution in [0.25, 0.3) is 11.0 Å². The highest BCUT2D eigenvalue weighted by atomic mass is 16.5. The Morgan fingerprint density at radius 3 is 2.47 bits per heavy atom. The lowest BCUT2D eigenvalue weighted by Crippen LogP contribution is -2.35. The minimum atomic E-state index is 0.125. The van der Waals surface area contributed by atoms with Crippen LogP contribution < -0.4 is 16.2 Å². The van der Waals surface area contributed by atoms with Crippen molar-refractivity contribution < 1.29 is 14.9 Å². The Labute approximate surface area is 212 Å². The van der Waals surface area contributed by atoms with Crippen molar-refractivity contribution in [2.24, 2.45) is 0 Å². The van der Waals surface area contributed by atoms with Crippen molar-refractivity contribution in [3.8, 4) is 5.75 Å². The number of nitrogen functional groups attached to an aromatic ring is 2. The molecular weight excluding hydrogens is 460 g/mol. The summed E-state index contributed by atoms with van der Waals surface area (Å²) >= 11 is 0. The molecule has 0 atom stereocenters. The van der Waals surface area contributed by atoms with E-state index in [4.69, 9.17) is 31.4 Å². The quantitative estimate of drug-likeness (QED) is 0.304. The van der Waals surface area contributed by atoms with E-state index < -0.39 is 0 Å². The van der Waals surface area contributed by atoms with Gasteiger partial charge in [-0.3, -0.25) is 9.67 Å². The average molecular weight is 501 g/mol. The number of likely N-dealkylation sites (tertiary alicyclic amines) is 1. The third kappa shape index (κ3) is 7.25. The molecule has 198 valence electrons. The molecule has 0 aromatic carbocycles. The Hall–Kier alpha value is -3.02. The van der Waals surface area contributed by atoms with Crippen LogP contribution in [0.5, 0.6) is 5.75 Å². The van der Waals surface area contributed by atoms with Crippen molar-refractivity contribution in [1.29, 1.82) is 0 Å². The van der Waals surface area contributed by atoms with E-state index in [0.717, 1.165) is 50.3 Å². The lowest BCUT2D eigenvalue weighted by molar-refractivity contribution is 0.163. The van der Waals surface area contributed by atoms with E-state index in [2.05, 4.69) is 26.9 Å². The third-order valence-electron chi connectivity index (χ3n) is 6.44. The average Bonchev–Trinajstić information content (AvgIpc) is 3.28. The van der Waals surface area contributed by atoms with E-state index in [1.807, 2.05) is 12.1 Å². The number of methoxy groups -OCH3 is 1. The number of unbranched alkanes of at least 4 members (excludes halogenated alkanes) is 3. The maximum atomic E-state index is 9.13. The van der Waals surface area contributed by atoms with Crippen LogP contribution in [0, 0.1) is 0 Å². The molecule has 1 aliphatic rings. The van der Waals surface area contributed by atoms with E-state index in [9.17, 15) is 0 Å². The predicted molar refractivity (Wildman–Crippen MR) is 141 cm³/mol. The van der Waals surface area contributed by atoms with Crippen LogP contribution in [-0.2, 0) is 6.54 Å². The maximum absolute atomic E-state index is 9.13. The number of fused-ring (bicyclic) bond motifs is 1. The number of anilines is 2. The molecule has 0 bridgehead atoms. The summed E-state index contributed by atoms with van der Waals surface area (Å²) < 4.78 is 7.25. The molecule has 1 fully saturated rings. The number of hydrogen-bond donors (Lipinski definition) is 4.